The van der Waals surface area contributed by atoms with E-state index in [0.29, 0.717) is 0 Å². The molecule has 0 saturated carbocycles. The average Bonchev–Trinajstić information content (AvgIpc) is 2.84. The maximum Gasteiger partial charge on any atom is 0.270 e. The van der Waals surface area contributed by atoms with Crippen LogP contribution in [0, 0.1) is 15.9 Å². The molecule has 0 aliphatic heterocycles. The van der Waals surface area contributed by atoms with Crippen LogP contribution < -0.4 is 0 Å². The highest BCUT2D eigenvalue weighted by atomic mass is 19.1. The molecule has 3 rings (SSSR count). The van der Waals surface area contributed by atoms with E-state index >= 15 is 0 Å². The molecule has 1 heterocycles. The lowest BCUT2D eigenvalue weighted by Gasteiger charge is -1.98. The largest absolute Gasteiger partial charge is 0.504 e. The summed E-state index contributed by atoms with van der Waals surface area (Å²) in [4.78, 5) is 22.4. The van der Waals surface area contributed by atoms with Crippen LogP contribution in [-0.2, 0) is 0 Å². The third-order valence-electron chi connectivity index (χ3n) is 3.17. The Morgan fingerprint density at radius 1 is 1.18 bits per heavy atom. The number of halogens is 1. The van der Waals surface area contributed by atoms with Crippen LogP contribution >= 0.6 is 0 Å². The lowest BCUT2D eigenvalue weighted by atomic mass is 10.1. The normalized spacial score (nSPS) is 10.8. The first-order valence-corrected chi connectivity index (χ1v) is 6.17. The maximum absolute atomic E-state index is 12.9. The molecule has 110 valence electrons. The van der Waals surface area contributed by atoms with E-state index in [4.69, 9.17) is 4.42 Å². The van der Waals surface area contributed by atoms with Gasteiger partial charge in [0.25, 0.3) is 5.69 Å². The number of rotatable bonds is 3. The zero-order chi connectivity index (χ0) is 15.9. The Hall–Kier alpha value is -3.22. The highest BCUT2D eigenvalue weighted by Crippen LogP contribution is 2.35. The number of ketones is 1. The standard InChI is InChI=1S/C15H8FNO5/c16-9-3-1-8(2-4-9)13(18)15-14(19)11-7-10(17(20)21)5-6-12(11)22-15/h1-7,19H. The molecule has 0 aliphatic carbocycles. The Bertz CT molecular complexity index is 898. The molecule has 6 nitrogen and oxygen atoms in total. The van der Waals surface area contributed by atoms with Crippen LogP contribution in [0.3, 0.4) is 0 Å². The van der Waals surface area contributed by atoms with Gasteiger partial charge in [-0.3, -0.25) is 14.9 Å². The van der Waals surface area contributed by atoms with E-state index < -0.39 is 22.3 Å². The summed E-state index contributed by atoms with van der Waals surface area (Å²) in [5.41, 5.74) is 0.0446. The van der Waals surface area contributed by atoms with Crippen LogP contribution in [0.2, 0.25) is 0 Å². The number of nitro groups is 1. The van der Waals surface area contributed by atoms with E-state index in [-0.39, 0.29) is 28.0 Å². The first-order chi connectivity index (χ1) is 10.5. The van der Waals surface area contributed by atoms with Crippen molar-refractivity contribution in [1.82, 2.24) is 0 Å². The van der Waals surface area contributed by atoms with Crippen LogP contribution in [0.5, 0.6) is 5.75 Å². The molecule has 0 aliphatic rings. The number of hydrogen-bond donors (Lipinski definition) is 1. The van der Waals surface area contributed by atoms with Gasteiger partial charge < -0.3 is 9.52 Å². The first kappa shape index (κ1) is 13.7. The van der Waals surface area contributed by atoms with E-state index in [1.54, 1.807) is 0 Å². The molecular weight excluding hydrogens is 293 g/mol. The number of hydrogen-bond acceptors (Lipinski definition) is 5. The summed E-state index contributed by atoms with van der Waals surface area (Å²) in [7, 11) is 0. The van der Waals surface area contributed by atoms with E-state index in [1.165, 1.54) is 24.3 Å². The minimum Gasteiger partial charge on any atom is -0.504 e. The van der Waals surface area contributed by atoms with Crippen molar-refractivity contribution in [2.45, 2.75) is 0 Å². The van der Waals surface area contributed by atoms with Gasteiger partial charge in [-0.15, -0.1) is 0 Å². The molecule has 2 aromatic carbocycles. The van der Waals surface area contributed by atoms with Gasteiger partial charge in [-0.1, -0.05) is 0 Å². The van der Waals surface area contributed by atoms with Gasteiger partial charge in [0.1, 0.15) is 11.4 Å². The van der Waals surface area contributed by atoms with E-state index in [2.05, 4.69) is 0 Å². The summed E-state index contributed by atoms with van der Waals surface area (Å²) in [6.07, 6.45) is 0. The van der Waals surface area contributed by atoms with Crippen LogP contribution in [-0.4, -0.2) is 15.8 Å². The fraction of sp³-hybridized carbons (Fsp3) is 0. The summed E-state index contributed by atoms with van der Waals surface area (Å²) in [5.74, 6) is -1.97. The molecule has 0 spiro atoms. The fourth-order valence-electron chi connectivity index (χ4n) is 2.07. The molecule has 0 radical (unpaired) electrons. The van der Waals surface area contributed by atoms with Crippen LogP contribution in [0.25, 0.3) is 11.0 Å². The van der Waals surface area contributed by atoms with Crippen molar-refractivity contribution >= 4 is 22.4 Å². The van der Waals surface area contributed by atoms with Crippen molar-refractivity contribution in [2.75, 3.05) is 0 Å². The summed E-state index contributed by atoms with van der Waals surface area (Å²) in [5, 5.41) is 20.9. The molecule has 0 atom stereocenters. The number of carbonyl (C=O) groups excluding carboxylic acids is 1. The summed E-state index contributed by atoms with van der Waals surface area (Å²) in [6, 6.07) is 8.36. The highest BCUT2D eigenvalue weighted by Gasteiger charge is 2.23. The molecule has 0 unspecified atom stereocenters. The van der Waals surface area contributed by atoms with Crippen molar-refractivity contribution in [2.24, 2.45) is 0 Å². The number of nitrogens with zero attached hydrogens (tertiary/aromatic N) is 1. The Morgan fingerprint density at radius 2 is 1.86 bits per heavy atom. The molecule has 0 fully saturated rings. The lowest BCUT2D eigenvalue weighted by Crippen LogP contribution is -1.99. The molecule has 1 aromatic heterocycles. The molecule has 0 bridgehead atoms. The predicted molar refractivity (Wildman–Crippen MR) is 74.4 cm³/mol. The maximum atomic E-state index is 12.9. The Balaban J connectivity index is 2.11. The minimum atomic E-state index is -0.642. The monoisotopic (exact) mass is 301 g/mol. The van der Waals surface area contributed by atoms with Crippen molar-refractivity contribution in [3.63, 3.8) is 0 Å². The number of carbonyl (C=O) groups is 1. The van der Waals surface area contributed by atoms with Gasteiger partial charge in [-0.25, -0.2) is 4.39 Å². The zero-order valence-corrected chi connectivity index (χ0v) is 10.9. The second kappa shape index (κ2) is 4.96. The van der Waals surface area contributed by atoms with E-state index in [0.717, 1.165) is 18.2 Å². The lowest BCUT2D eigenvalue weighted by molar-refractivity contribution is -0.384. The number of fused-ring (bicyclic) bond motifs is 1. The van der Waals surface area contributed by atoms with Gasteiger partial charge >= 0.3 is 0 Å². The van der Waals surface area contributed by atoms with Crippen molar-refractivity contribution in [3.8, 4) is 5.75 Å². The number of non-ortho nitro benzene ring substituents is 1. The summed E-state index contributed by atoms with van der Waals surface area (Å²) >= 11 is 0. The van der Waals surface area contributed by atoms with E-state index in [9.17, 15) is 24.4 Å². The first-order valence-electron chi connectivity index (χ1n) is 6.17. The van der Waals surface area contributed by atoms with E-state index in [1.807, 2.05) is 0 Å². The van der Waals surface area contributed by atoms with Gasteiger partial charge in [0, 0.05) is 17.7 Å². The Morgan fingerprint density at radius 3 is 2.50 bits per heavy atom. The Labute approximate surface area is 122 Å². The average molecular weight is 301 g/mol. The molecule has 3 aromatic rings. The number of benzene rings is 2. The zero-order valence-electron chi connectivity index (χ0n) is 10.9. The summed E-state index contributed by atoms with van der Waals surface area (Å²) < 4.78 is 18.1. The number of nitro benzene ring substituents is 1. The van der Waals surface area contributed by atoms with Gasteiger partial charge in [0.15, 0.2) is 5.75 Å². The third kappa shape index (κ3) is 2.18. The molecule has 0 saturated heterocycles. The topological polar surface area (TPSA) is 93.6 Å². The second-order valence-corrected chi connectivity index (χ2v) is 4.55. The van der Waals surface area contributed by atoms with Crippen LogP contribution in [0.4, 0.5) is 10.1 Å². The molecular formula is C15H8FNO5. The van der Waals surface area contributed by atoms with Gasteiger partial charge in [-0.2, -0.15) is 0 Å². The van der Waals surface area contributed by atoms with Crippen LogP contribution in [0.15, 0.2) is 46.9 Å². The van der Waals surface area contributed by atoms with Crippen molar-refractivity contribution in [1.29, 1.82) is 0 Å². The van der Waals surface area contributed by atoms with Gasteiger partial charge in [0.2, 0.25) is 11.5 Å². The van der Waals surface area contributed by atoms with Gasteiger partial charge in [-0.05, 0) is 30.3 Å². The minimum absolute atomic E-state index is 0.0691. The second-order valence-electron chi connectivity index (χ2n) is 4.55. The SMILES string of the molecule is O=C(c1ccc(F)cc1)c1oc2ccc([N+](=O)[O-])cc2c1O. The van der Waals surface area contributed by atoms with Crippen molar-refractivity contribution < 1.29 is 23.6 Å². The smallest absolute Gasteiger partial charge is 0.270 e. The molecule has 22 heavy (non-hydrogen) atoms. The number of aromatic hydroxyl groups is 1. The Kier molecular flexibility index (Phi) is 3.10. The third-order valence-corrected chi connectivity index (χ3v) is 3.17. The quantitative estimate of drug-likeness (QED) is 0.454. The molecule has 7 heteroatoms. The highest BCUT2D eigenvalue weighted by molar-refractivity contribution is 6.11. The predicted octanol–water partition coefficient (Wildman–Crippen LogP) is 3.42. The molecule has 1 N–H and O–H groups in total. The summed E-state index contributed by atoms with van der Waals surface area (Å²) in [6.45, 7) is 0. The molecule has 0 amide bonds. The van der Waals surface area contributed by atoms with Crippen LogP contribution in [0.1, 0.15) is 16.1 Å². The van der Waals surface area contributed by atoms with Gasteiger partial charge in [0.05, 0.1) is 10.3 Å². The van der Waals surface area contributed by atoms with Crippen molar-refractivity contribution in [3.05, 3.63) is 69.7 Å². The fourth-order valence-corrected chi connectivity index (χ4v) is 2.07. The number of furan rings is 1.